The average Bonchev–Trinajstić information content (AvgIpc) is 3.34. The summed E-state index contributed by atoms with van der Waals surface area (Å²) in [5.41, 5.74) is 3.22. The Morgan fingerprint density at radius 2 is 0.657 bits per heavy atom. The second kappa shape index (κ2) is 27.1. The molecule has 0 amide bonds. The van der Waals surface area contributed by atoms with E-state index < -0.39 is 15.8 Å². The van der Waals surface area contributed by atoms with Crippen LogP contribution in [-0.2, 0) is 31.3 Å². The first kappa shape index (κ1) is 52.2. The van der Waals surface area contributed by atoms with Crippen molar-refractivity contribution in [1.29, 1.82) is 0 Å². The van der Waals surface area contributed by atoms with Crippen molar-refractivity contribution in [2.75, 3.05) is 0 Å². The topological polar surface area (TPSA) is 98.7 Å². The first-order valence-electron chi connectivity index (χ1n) is 22.2. The van der Waals surface area contributed by atoms with Crippen molar-refractivity contribution in [3.8, 4) is 0 Å². The van der Waals surface area contributed by atoms with Gasteiger partial charge in [0.25, 0.3) is 0 Å². The summed E-state index contributed by atoms with van der Waals surface area (Å²) < 4.78 is 0. The molecule has 338 valence electrons. The summed E-state index contributed by atoms with van der Waals surface area (Å²) in [6, 6.07) is 61.0. The fraction of sp³-hybridized carbons (Fsp3) is 0.138. The average molecular weight is 957 g/mol. The van der Waals surface area contributed by atoms with E-state index in [9.17, 15) is 9.59 Å². The number of aliphatic hydroxyl groups is 2. The molecule has 0 unspecified atom stereocenters. The Balaban J connectivity index is 0.000000866. The smallest absolute Gasteiger partial charge is 0.195 e. The van der Waals surface area contributed by atoms with Gasteiger partial charge >= 0.3 is 0 Å². The molecule has 0 saturated carbocycles. The first-order valence-corrected chi connectivity index (χ1v) is 24.9. The fourth-order valence-electron chi connectivity index (χ4n) is 7.28. The van der Waals surface area contributed by atoms with Gasteiger partial charge in [0.1, 0.15) is 0 Å². The molecule has 4 N–H and O–H groups in total. The summed E-state index contributed by atoms with van der Waals surface area (Å²) in [6.45, 7) is 6.89. The van der Waals surface area contributed by atoms with E-state index in [2.05, 4.69) is 83.4 Å². The van der Waals surface area contributed by atoms with Crippen LogP contribution in [-0.4, -0.2) is 34.0 Å². The van der Waals surface area contributed by atoms with E-state index in [4.69, 9.17) is 10.2 Å². The molecule has 8 rings (SSSR count). The molecule has 2 aliphatic rings. The van der Waals surface area contributed by atoms with Gasteiger partial charge in [-0.2, -0.15) is 0 Å². The van der Waals surface area contributed by atoms with Crippen molar-refractivity contribution in [3.05, 3.63) is 264 Å². The van der Waals surface area contributed by atoms with Crippen LogP contribution in [0.3, 0.4) is 0 Å². The van der Waals surface area contributed by atoms with Crippen LogP contribution in [0.25, 0.3) is 0 Å². The van der Waals surface area contributed by atoms with E-state index in [1.54, 1.807) is 27.7 Å². The molecular weight excluding hydrogens is 898 g/mol. The number of aliphatic hydroxyl groups excluding tert-OH is 2. The second-order valence-corrected chi connectivity index (χ2v) is 20.4. The number of benzene rings is 6. The van der Waals surface area contributed by atoms with Crippen LogP contribution < -0.4 is 31.9 Å². The van der Waals surface area contributed by atoms with Crippen LogP contribution in [0.15, 0.2) is 253 Å². The number of hydrogen-bond donors (Lipinski definition) is 4. The molecule has 6 aromatic rings. The molecule has 0 radical (unpaired) electrons. The van der Waals surface area contributed by atoms with E-state index in [0.29, 0.717) is 11.1 Å². The minimum atomic E-state index is -1.08. The second-order valence-electron chi connectivity index (χ2n) is 16.0. The summed E-state index contributed by atoms with van der Waals surface area (Å²) in [6.07, 6.45) is 15.0. The molecule has 2 atom stereocenters. The van der Waals surface area contributed by atoms with Gasteiger partial charge in [-0.05, 0) is 100 Å². The number of allylic oxidation sites excluding steroid dienone is 10. The van der Waals surface area contributed by atoms with Crippen molar-refractivity contribution in [2.45, 2.75) is 52.0 Å². The Labute approximate surface area is 414 Å². The van der Waals surface area contributed by atoms with Crippen LogP contribution in [0.5, 0.6) is 0 Å². The zero-order valence-corrected chi connectivity index (χ0v) is 41.7. The zero-order chi connectivity index (χ0) is 46.7. The minimum absolute atomic E-state index is 0. The minimum Gasteiger partial charge on any atom is -0.394 e. The van der Waals surface area contributed by atoms with Gasteiger partial charge < -0.3 is 20.8 Å². The van der Waals surface area contributed by atoms with E-state index in [-0.39, 0.29) is 57.6 Å². The van der Waals surface area contributed by atoms with Gasteiger partial charge in [0, 0.05) is 68.1 Å². The molecule has 6 nitrogen and oxygen atoms in total. The molecule has 0 bridgehead atoms. The maximum atomic E-state index is 14.5. The Kier molecular flexibility index (Phi) is 21.1. The molecule has 67 heavy (non-hydrogen) atoms. The third-order valence-electron chi connectivity index (χ3n) is 10.1. The van der Waals surface area contributed by atoms with Crippen molar-refractivity contribution < 1.29 is 41.5 Å². The van der Waals surface area contributed by atoms with Gasteiger partial charge in [-0.15, -0.1) is 0 Å². The van der Waals surface area contributed by atoms with Crippen LogP contribution in [0, 0.1) is 0 Å². The summed E-state index contributed by atoms with van der Waals surface area (Å²) in [4.78, 5) is 29.0. The number of rotatable bonds is 13. The summed E-state index contributed by atoms with van der Waals surface area (Å²) in [5.74, 6) is -0.00453. The Hall–Kier alpha value is -5.81. The maximum Gasteiger partial charge on any atom is 0.195 e. The first-order chi connectivity index (χ1) is 32.1. The van der Waals surface area contributed by atoms with Gasteiger partial charge in [-0.25, -0.2) is 0 Å². The summed E-state index contributed by atoms with van der Waals surface area (Å²) in [7, 11) is -2.16. The van der Waals surface area contributed by atoms with Crippen LogP contribution in [0.1, 0.15) is 50.9 Å². The van der Waals surface area contributed by atoms with Gasteiger partial charge in [0.05, 0.1) is 12.1 Å². The van der Waals surface area contributed by atoms with E-state index in [0.717, 1.165) is 43.0 Å². The van der Waals surface area contributed by atoms with Crippen molar-refractivity contribution in [1.82, 2.24) is 10.6 Å². The Bertz CT molecular complexity index is 2380. The van der Waals surface area contributed by atoms with Crippen LogP contribution in [0.4, 0.5) is 0 Å². The van der Waals surface area contributed by atoms with E-state index >= 15 is 0 Å². The van der Waals surface area contributed by atoms with E-state index in [1.807, 2.05) is 158 Å². The SMILES string of the molecule is CC(C)O.CC(C)O.O=C1C(P(c2ccccc2)c2ccccc2)=CC=C/C1=C/N[C@H](c1ccccc1)[C@H](N/C=C1/C=CC=C(P(c2ccccc2)c2ccccc2)C1=O)c1ccccc1.[Ti]. The largest absolute Gasteiger partial charge is 0.394 e. The standard InChI is InChI=1S/C52H42N2O2P2.2C3H8O.Ti/c55-51-41(25-19-35-47(51)57(43-27-11-3-12-28-43)44-29-13-4-14-30-44)37-53-49(39-21-7-1-8-22-39)50(40-23-9-2-10-24-40)54-38-42-26-20-36-48(52(42)56)58(45-31-15-5-16-32-45)46-33-17-6-18-34-46;2*1-3(2)4;/h1-38,49-50,53-54H;2*3-4H,1-2H3;/b41-37-,42-38-;;;/t49-,50-;;;/m1.../s1. The molecule has 6 aromatic carbocycles. The molecule has 0 heterocycles. The van der Waals surface area contributed by atoms with Crippen LogP contribution >= 0.6 is 15.8 Å². The van der Waals surface area contributed by atoms with Crippen LogP contribution in [0.2, 0.25) is 0 Å². The van der Waals surface area contributed by atoms with Gasteiger partial charge in [-0.1, -0.05) is 194 Å². The fourth-order valence-corrected chi connectivity index (χ4v) is 12.0. The number of carbonyl (C=O) groups excluding carboxylic acids is 2. The van der Waals surface area contributed by atoms with E-state index in [1.165, 1.54) is 0 Å². The van der Waals surface area contributed by atoms with Gasteiger partial charge in [0.15, 0.2) is 11.6 Å². The third-order valence-corrected chi connectivity index (χ3v) is 15.0. The quantitative estimate of drug-likeness (QED) is 0.0523. The van der Waals surface area contributed by atoms with Gasteiger partial charge in [-0.3, -0.25) is 9.59 Å². The zero-order valence-electron chi connectivity index (χ0n) is 38.4. The van der Waals surface area contributed by atoms with Crippen molar-refractivity contribution >= 4 is 48.6 Å². The third kappa shape index (κ3) is 15.1. The van der Waals surface area contributed by atoms with Crippen molar-refractivity contribution in [3.63, 3.8) is 0 Å². The summed E-state index contributed by atoms with van der Waals surface area (Å²) >= 11 is 0. The molecule has 0 saturated heterocycles. The van der Waals surface area contributed by atoms with Gasteiger partial charge in [0.2, 0.25) is 0 Å². The molecule has 9 heteroatoms. The molecule has 0 aromatic heterocycles. The Morgan fingerprint density at radius 1 is 0.418 bits per heavy atom. The predicted molar refractivity (Wildman–Crippen MR) is 278 cm³/mol. The normalized spacial score (nSPS) is 15.2. The molecule has 0 spiro atoms. The summed E-state index contributed by atoms with van der Waals surface area (Å²) in [5, 5.41) is 29.5. The maximum absolute atomic E-state index is 14.5. The number of carbonyl (C=O) groups is 2. The molecule has 0 aliphatic heterocycles. The Morgan fingerprint density at radius 3 is 0.910 bits per heavy atom. The molecule has 0 fully saturated rings. The number of nitrogens with one attached hydrogen (secondary N) is 2. The number of Topliss-reactive ketones (excluding diaryl/α,β-unsaturated/α-hetero) is 2. The molecular formula is C58H58N2O4P2Ti. The number of hydrogen-bond acceptors (Lipinski definition) is 6. The monoisotopic (exact) mass is 956 g/mol. The number of ketones is 2. The van der Waals surface area contributed by atoms with Crippen molar-refractivity contribution in [2.24, 2.45) is 0 Å². The molecule has 2 aliphatic carbocycles. The predicted octanol–water partition coefficient (Wildman–Crippen LogP) is 10.5.